The Morgan fingerprint density at radius 1 is 0.971 bits per heavy atom. The fourth-order valence-corrected chi connectivity index (χ4v) is 3.22. The van der Waals surface area contributed by atoms with E-state index in [2.05, 4.69) is 15.0 Å². The predicted molar refractivity (Wildman–Crippen MR) is 109 cm³/mol. The number of hydrogen-bond donors (Lipinski definition) is 1. The Kier molecular flexibility index (Phi) is 7.37. The maximum absolute atomic E-state index is 12.9. The van der Waals surface area contributed by atoms with Crippen molar-refractivity contribution in [1.82, 2.24) is 19.9 Å². The molecule has 3 aromatic rings. The molecule has 4 heterocycles. The van der Waals surface area contributed by atoms with Gasteiger partial charge in [0.1, 0.15) is 0 Å². The molecular weight excluding hydrogens is 482 g/mol. The van der Waals surface area contributed by atoms with E-state index in [1.807, 2.05) is 12.1 Å². The fourth-order valence-electron chi connectivity index (χ4n) is 3.22. The number of carbonyl (C=O) groups excluding carboxylic acids is 1. The SMILES string of the molecule is O=C(O)C(F)(F)F.O=C1c2c(-c3ccncc3)ccnc2CN1CCc1ccc(C(F)(F)F)cn1. The Balaban J connectivity index is 0.000000429. The van der Waals surface area contributed by atoms with Gasteiger partial charge in [0, 0.05) is 43.4 Å². The summed E-state index contributed by atoms with van der Waals surface area (Å²) in [4.78, 5) is 35.6. The van der Waals surface area contributed by atoms with Crippen LogP contribution in [0.25, 0.3) is 11.1 Å². The summed E-state index contributed by atoms with van der Waals surface area (Å²) in [7, 11) is 0. The van der Waals surface area contributed by atoms with E-state index >= 15 is 0 Å². The summed E-state index contributed by atoms with van der Waals surface area (Å²) in [5, 5.41) is 7.12. The minimum atomic E-state index is -5.08. The minimum Gasteiger partial charge on any atom is -0.475 e. The molecule has 0 unspecified atom stereocenters. The molecule has 0 saturated carbocycles. The minimum absolute atomic E-state index is 0.137. The molecule has 0 atom stereocenters. The second-order valence-corrected chi connectivity index (χ2v) is 7.23. The summed E-state index contributed by atoms with van der Waals surface area (Å²) in [6, 6.07) is 7.81. The molecule has 184 valence electrons. The monoisotopic (exact) mass is 498 g/mol. The first kappa shape index (κ1) is 25.6. The van der Waals surface area contributed by atoms with E-state index in [1.54, 1.807) is 29.6 Å². The van der Waals surface area contributed by atoms with Gasteiger partial charge < -0.3 is 10.0 Å². The third kappa shape index (κ3) is 6.31. The first-order chi connectivity index (χ1) is 16.4. The van der Waals surface area contributed by atoms with Crippen molar-refractivity contribution >= 4 is 11.9 Å². The third-order valence-corrected chi connectivity index (χ3v) is 4.89. The zero-order valence-corrected chi connectivity index (χ0v) is 17.6. The van der Waals surface area contributed by atoms with Gasteiger partial charge in [-0.05, 0) is 41.5 Å². The molecule has 13 heteroatoms. The van der Waals surface area contributed by atoms with Crippen molar-refractivity contribution in [3.05, 3.63) is 77.6 Å². The van der Waals surface area contributed by atoms with Crippen LogP contribution in [0.3, 0.4) is 0 Å². The molecule has 0 aromatic carbocycles. The van der Waals surface area contributed by atoms with Crippen LogP contribution in [0.4, 0.5) is 26.3 Å². The van der Waals surface area contributed by atoms with Gasteiger partial charge in [0.05, 0.1) is 23.4 Å². The molecule has 0 radical (unpaired) electrons. The van der Waals surface area contributed by atoms with Gasteiger partial charge >= 0.3 is 18.3 Å². The van der Waals surface area contributed by atoms with Crippen LogP contribution in [0.1, 0.15) is 27.3 Å². The van der Waals surface area contributed by atoms with Crippen molar-refractivity contribution in [1.29, 1.82) is 0 Å². The van der Waals surface area contributed by atoms with Gasteiger partial charge in [-0.1, -0.05) is 0 Å². The number of pyridine rings is 3. The summed E-state index contributed by atoms with van der Waals surface area (Å²) >= 11 is 0. The highest BCUT2D eigenvalue weighted by Gasteiger charge is 2.38. The van der Waals surface area contributed by atoms with E-state index in [9.17, 15) is 31.1 Å². The number of halogens is 6. The van der Waals surface area contributed by atoms with Gasteiger partial charge in [0.2, 0.25) is 0 Å². The molecule has 0 bridgehead atoms. The number of hydrogen-bond acceptors (Lipinski definition) is 5. The highest BCUT2D eigenvalue weighted by atomic mass is 19.4. The molecule has 0 aliphatic carbocycles. The van der Waals surface area contributed by atoms with E-state index in [1.165, 1.54) is 6.07 Å². The standard InChI is InChI=1S/C20H15F3N4O.C2HF3O2/c21-20(22,23)14-1-2-15(26-11-14)6-10-27-12-17-18(19(27)28)16(5-9-25-17)13-3-7-24-8-4-13;3-2(4,5)1(6)7/h1-5,7-9,11H,6,10,12H2;(H,6,7). The first-order valence-corrected chi connectivity index (χ1v) is 9.87. The Morgan fingerprint density at radius 3 is 2.17 bits per heavy atom. The van der Waals surface area contributed by atoms with Gasteiger partial charge in [-0.2, -0.15) is 26.3 Å². The Bertz CT molecular complexity index is 1200. The maximum Gasteiger partial charge on any atom is 0.490 e. The van der Waals surface area contributed by atoms with Crippen LogP contribution in [0.15, 0.2) is 55.1 Å². The molecule has 1 N–H and O–H groups in total. The van der Waals surface area contributed by atoms with Gasteiger partial charge in [-0.15, -0.1) is 0 Å². The lowest BCUT2D eigenvalue weighted by Gasteiger charge is -2.15. The van der Waals surface area contributed by atoms with Crippen LogP contribution in [0.2, 0.25) is 0 Å². The number of aliphatic carboxylic acids is 1. The van der Waals surface area contributed by atoms with E-state index in [4.69, 9.17) is 9.90 Å². The predicted octanol–water partition coefficient (Wildman–Crippen LogP) is 4.39. The second kappa shape index (κ2) is 10.1. The van der Waals surface area contributed by atoms with E-state index in [-0.39, 0.29) is 5.91 Å². The highest BCUT2D eigenvalue weighted by molar-refractivity contribution is 6.03. The molecule has 1 amide bonds. The summed E-state index contributed by atoms with van der Waals surface area (Å²) in [5.74, 6) is -2.89. The Hall–Kier alpha value is -4.03. The van der Waals surface area contributed by atoms with Crippen molar-refractivity contribution in [2.45, 2.75) is 25.3 Å². The van der Waals surface area contributed by atoms with E-state index in [0.29, 0.717) is 36.5 Å². The summed E-state index contributed by atoms with van der Waals surface area (Å²) in [6.07, 6.45) is -3.32. The molecular formula is C22H16F6N4O3. The zero-order chi connectivity index (χ0) is 25.8. The van der Waals surface area contributed by atoms with Crippen molar-refractivity contribution in [3.63, 3.8) is 0 Å². The summed E-state index contributed by atoms with van der Waals surface area (Å²) < 4.78 is 69.6. The van der Waals surface area contributed by atoms with Crippen LogP contribution in [0.5, 0.6) is 0 Å². The third-order valence-electron chi connectivity index (χ3n) is 4.89. The van der Waals surface area contributed by atoms with E-state index < -0.39 is 23.9 Å². The molecule has 7 nitrogen and oxygen atoms in total. The largest absolute Gasteiger partial charge is 0.490 e. The number of alkyl halides is 6. The molecule has 0 spiro atoms. The van der Waals surface area contributed by atoms with Gasteiger partial charge in [-0.25, -0.2) is 4.79 Å². The zero-order valence-electron chi connectivity index (χ0n) is 17.6. The number of rotatable bonds is 4. The molecule has 1 aliphatic heterocycles. The number of carboxylic acids is 1. The molecule has 0 saturated heterocycles. The van der Waals surface area contributed by atoms with Crippen LogP contribution in [0, 0.1) is 0 Å². The molecule has 35 heavy (non-hydrogen) atoms. The molecule has 0 fully saturated rings. The average Bonchev–Trinajstić information content (AvgIpc) is 3.13. The van der Waals surface area contributed by atoms with Gasteiger partial charge in [0.25, 0.3) is 5.91 Å². The topological polar surface area (TPSA) is 96.3 Å². The van der Waals surface area contributed by atoms with Crippen LogP contribution >= 0.6 is 0 Å². The van der Waals surface area contributed by atoms with Crippen LogP contribution in [-0.2, 0) is 23.9 Å². The van der Waals surface area contributed by atoms with Gasteiger partial charge in [-0.3, -0.25) is 19.7 Å². The molecule has 1 aliphatic rings. The normalized spacial score (nSPS) is 13.2. The van der Waals surface area contributed by atoms with Gasteiger partial charge in [0.15, 0.2) is 0 Å². The van der Waals surface area contributed by atoms with Crippen molar-refractivity contribution in [2.24, 2.45) is 0 Å². The number of aromatic nitrogens is 3. The fraction of sp³-hybridized carbons (Fsp3) is 0.227. The van der Waals surface area contributed by atoms with E-state index in [0.717, 1.165) is 23.4 Å². The van der Waals surface area contributed by atoms with Crippen molar-refractivity contribution in [2.75, 3.05) is 6.54 Å². The number of carbonyl (C=O) groups is 2. The van der Waals surface area contributed by atoms with Crippen molar-refractivity contribution in [3.8, 4) is 11.1 Å². The van der Waals surface area contributed by atoms with Crippen LogP contribution in [-0.4, -0.2) is 49.6 Å². The number of nitrogens with zero attached hydrogens (tertiary/aromatic N) is 4. The smallest absolute Gasteiger partial charge is 0.475 e. The Morgan fingerprint density at radius 2 is 1.63 bits per heavy atom. The number of fused-ring (bicyclic) bond motifs is 1. The average molecular weight is 498 g/mol. The Labute approximate surface area is 194 Å². The van der Waals surface area contributed by atoms with Crippen LogP contribution < -0.4 is 0 Å². The number of amides is 1. The summed E-state index contributed by atoms with van der Waals surface area (Å²) in [5.41, 5.74) is 2.65. The highest BCUT2D eigenvalue weighted by Crippen LogP contribution is 2.31. The quantitative estimate of drug-likeness (QED) is 0.536. The number of carboxylic acid groups (broad SMARTS) is 1. The lowest BCUT2D eigenvalue weighted by atomic mass is 10.0. The lowest BCUT2D eigenvalue weighted by molar-refractivity contribution is -0.192. The lowest BCUT2D eigenvalue weighted by Crippen LogP contribution is -2.26. The second-order valence-electron chi connectivity index (χ2n) is 7.23. The van der Waals surface area contributed by atoms with Crippen molar-refractivity contribution < 1.29 is 41.0 Å². The molecule has 3 aromatic heterocycles. The maximum atomic E-state index is 12.9. The molecule has 4 rings (SSSR count). The first-order valence-electron chi connectivity index (χ1n) is 9.87. The summed E-state index contributed by atoms with van der Waals surface area (Å²) in [6.45, 7) is 0.719.